The van der Waals surface area contributed by atoms with Gasteiger partial charge in [0.2, 0.25) is 17.0 Å². The van der Waals surface area contributed by atoms with Crippen LogP contribution in [0.1, 0.15) is 23.9 Å². The molecule has 1 aromatic carbocycles. The van der Waals surface area contributed by atoms with Crippen LogP contribution in [0.3, 0.4) is 0 Å². The van der Waals surface area contributed by atoms with Gasteiger partial charge in [-0.2, -0.15) is 4.98 Å². The highest BCUT2D eigenvalue weighted by molar-refractivity contribution is 7.98. The molecular formula is C18H16ClN7O3S. The molecule has 0 saturated heterocycles. The molecule has 30 heavy (non-hydrogen) atoms. The molecule has 0 fully saturated rings. The highest BCUT2D eigenvalue weighted by Crippen LogP contribution is 2.22. The molecule has 0 unspecified atom stereocenters. The Morgan fingerprint density at radius 1 is 1.20 bits per heavy atom. The third-order valence-electron chi connectivity index (χ3n) is 3.88. The van der Waals surface area contributed by atoms with Crippen molar-refractivity contribution in [3.63, 3.8) is 0 Å². The number of benzene rings is 1. The van der Waals surface area contributed by atoms with Crippen molar-refractivity contribution in [2.24, 2.45) is 0 Å². The molecule has 12 heteroatoms. The molecule has 2 N–H and O–H groups in total. The van der Waals surface area contributed by atoms with Crippen molar-refractivity contribution < 1.29 is 13.8 Å². The Kier molecular flexibility index (Phi) is 6.10. The van der Waals surface area contributed by atoms with Gasteiger partial charge in [-0.25, -0.2) is 4.98 Å². The van der Waals surface area contributed by atoms with Crippen LogP contribution in [-0.4, -0.2) is 36.4 Å². The monoisotopic (exact) mass is 445 g/mol. The van der Waals surface area contributed by atoms with E-state index >= 15 is 0 Å². The predicted molar refractivity (Wildman–Crippen MR) is 109 cm³/mol. The maximum atomic E-state index is 11.9. The zero-order valence-corrected chi connectivity index (χ0v) is 17.3. The minimum Gasteiger partial charge on any atom is -0.360 e. The van der Waals surface area contributed by atoms with Crippen LogP contribution in [-0.2, 0) is 17.0 Å². The van der Waals surface area contributed by atoms with Gasteiger partial charge < -0.3 is 14.4 Å². The summed E-state index contributed by atoms with van der Waals surface area (Å²) in [6.45, 7) is 1.75. The summed E-state index contributed by atoms with van der Waals surface area (Å²) >= 11 is 7.27. The number of carbonyl (C=O) groups excluding carboxylic acids is 1. The van der Waals surface area contributed by atoms with E-state index in [1.165, 1.54) is 11.8 Å². The van der Waals surface area contributed by atoms with Gasteiger partial charge in [0.15, 0.2) is 17.5 Å². The summed E-state index contributed by atoms with van der Waals surface area (Å²) in [6, 6.07) is 8.95. The number of hydrogen-bond donors (Lipinski definition) is 2. The molecule has 0 spiro atoms. The van der Waals surface area contributed by atoms with E-state index < -0.39 is 0 Å². The van der Waals surface area contributed by atoms with Gasteiger partial charge >= 0.3 is 0 Å². The zero-order chi connectivity index (χ0) is 20.9. The number of rotatable bonds is 8. The molecule has 0 aliphatic carbocycles. The summed E-state index contributed by atoms with van der Waals surface area (Å²) in [4.78, 5) is 20.7. The van der Waals surface area contributed by atoms with Gasteiger partial charge in [-0.1, -0.05) is 33.7 Å². The first-order chi connectivity index (χ1) is 14.5. The van der Waals surface area contributed by atoms with Crippen LogP contribution in [0.5, 0.6) is 0 Å². The molecule has 10 nitrogen and oxygen atoms in total. The highest BCUT2D eigenvalue weighted by Gasteiger charge is 2.13. The first-order valence-electron chi connectivity index (χ1n) is 8.91. The summed E-state index contributed by atoms with van der Waals surface area (Å²) in [5.41, 5.74) is 0.889. The van der Waals surface area contributed by atoms with Crippen LogP contribution < -0.4 is 5.32 Å². The number of nitrogens with zero attached hydrogens (tertiary/aromatic N) is 5. The molecule has 4 aromatic rings. The van der Waals surface area contributed by atoms with E-state index in [9.17, 15) is 4.79 Å². The number of carbonyl (C=O) groups is 1. The predicted octanol–water partition coefficient (Wildman–Crippen LogP) is 3.67. The highest BCUT2D eigenvalue weighted by atomic mass is 35.5. The summed E-state index contributed by atoms with van der Waals surface area (Å²) in [5, 5.41) is 18.6. The lowest BCUT2D eigenvalue weighted by molar-refractivity contribution is -0.116. The summed E-state index contributed by atoms with van der Waals surface area (Å²) in [7, 11) is 0. The van der Waals surface area contributed by atoms with Gasteiger partial charge in [0.05, 0.1) is 5.75 Å². The minimum absolute atomic E-state index is 0.187. The van der Waals surface area contributed by atoms with E-state index in [2.05, 4.69) is 35.8 Å². The summed E-state index contributed by atoms with van der Waals surface area (Å²) in [5.74, 6) is 2.75. The van der Waals surface area contributed by atoms with Crippen molar-refractivity contribution in [2.75, 3.05) is 5.32 Å². The van der Waals surface area contributed by atoms with Gasteiger partial charge in [0.25, 0.3) is 0 Å². The summed E-state index contributed by atoms with van der Waals surface area (Å²) < 4.78 is 10.1. The molecule has 3 heterocycles. The molecule has 0 aliphatic rings. The van der Waals surface area contributed by atoms with Crippen LogP contribution in [0, 0.1) is 6.92 Å². The van der Waals surface area contributed by atoms with Gasteiger partial charge in [-0.05, 0) is 31.2 Å². The van der Waals surface area contributed by atoms with Gasteiger partial charge in [0, 0.05) is 29.5 Å². The third-order valence-corrected chi connectivity index (χ3v) is 4.98. The molecule has 0 bridgehead atoms. The van der Waals surface area contributed by atoms with Gasteiger partial charge in [-0.15, -0.1) is 5.10 Å². The van der Waals surface area contributed by atoms with E-state index in [1.54, 1.807) is 25.1 Å². The molecule has 154 valence electrons. The van der Waals surface area contributed by atoms with Crippen molar-refractivity contribution in [2.45, 2.75) is 30.7 Å². The molecule has 0 saturated carbocycles. The summed E-state index contributed by atoms with van der Waals surface area (Å²) in [6.07, 6.45) is 0.508. The number of halogens is 1. The van der Waals surface area contributed by atoms with Crippen LogP contribution in [0.2, 0.25) is 5.02 Å². The Morgan fingerprint density at radius 2 is 2.03 bits per heavy atom. The SMILES string of the molecule is Cc1cc(NC(=O)CCc2nc(CSc3n[nH]c(-c4ccc(Cl)cc4)n3)no2)no1. The Bertz CT molecular complexity index is 1140. The average Bonchev–Trinajstić information content (AvgIpc) is 3.47. The maximum Gasteiger partial charge on any atom is 0.227 e. The minimum atomic E-state index is -0.215. The topological polar surface area (TPSA) is 136 Å². The van der Waals surface area contributed by atoms with Crippen LogP contribution in [0.15, 0.2) is 44.5 Å². The van der Waals surface area contributed by atoms with Crippen molar-refractivity contribution in [3.8, 4) is 11.4 Å². The van der Waals surface area contributed by atoms with Crippen molar-refractivity contribution >= 4 is 35.1 Å². The van der Waals surface area contributed by atoms with E-state index in [0.29, 0.717) is 51.5 Å². The quantitative estimate of drug-likeness (QED) is 0.389. The second kappa shape index (κ2) is 9.09. The normalized spacial score (nSPS) is 11.0. The lowest BCUT2D eigenvalue weighted by atomic mass is 10.2. The molecule has 4 rings (SSSR count). The van der Waals surface area contributed by atoms with Crippen LogP contribution in [0.25, 0.3) is 11.4 Å². The molecule has 0 atom stereocenters. The zero-order valence-electron chi connectivity index (χ0n) is 15.8. The fourth-order valence-corrected chi connectivity index (χ4v) is 3.25. The van der Waals surface area contributed by atoms with E-state index in [-0.39, 0.29) is 12.3 Å². The number of thioether (sulfide) groups is 1. The first-order valence-corrected chi connectivity index (χ1v) is 10.3. The number of aryl methyl sites for hydroxylation is 2. The van der Waals surface area contributed by atoms with Crippen molar-refractivity contribution in [3.05, 3.63) is 52.8 Å². The fourth-order valence-electron chi connectivity index (χ4n) is 2.48. The molecule has 0 aliphatic heterocycles. The fraction of sp³-hybridized carbons (Fsp3) is 0.222. The Hall–Kier alpha value is -3.18. The first kappa shape index (κ1) is 20.1. The Morgan fingerprint density at radius 3 is 2.80 bits per heavy atom. The maximum absolute atomic E-state index is 11.9. The number of H-pyrrole nitrogens is 1. The second-order valence-electron chi connectivity index (χ2n) is 6.24. The van der Waals surface area contributed by atoms with E-state index in [1.807, 2.05) is 12.1 Å². The Balaban J connectivity index is 1.25. The lowest BCUT2D eigenvalue weighted by Crippen LogP contribution is -2.12. The number of anilines is 1. The number of amides is 1. The van der Waals surface area contributed by atoms with Crippen molar-refractivity contribution in [1.29, 1.82) is 0 Å². The van der Waals surface area contributed by atoms with E-state index in [4.69, 9.17) is 20.6 Å². The third kappa shape index (κ3) is 5.24. The smallest absolute Gasteiger partial charge is 0.227 e. The van der Waals surface area contributed by atoms with Crippen LogP contribution in [0.4, 0.5) is 5.82 Å². The van der Waals surface area contributed by atoms with Gasteiger partial charge in [0.1, 0.15) is 5.76 Å². The molecular weight excluding hydrogens is 430 g/mol. The molecule has 1 amide bonds. The Labute approximate surface area is 179 Å². The standard InChI is InChI=1S/C18H16ClN7O3S/c1-10-8-13(25-28-10)20-15(27)6-7-16-21-14(26-29-16)9-30-18-22-17(23-24-18)11-2-4-12(19)5-3-11/h2-5,8H,6-7,9H2,1H3,(H,20,25,27)(H,22,23,24). The number of aromatic nitrogens is 6. The largest absolute Gasteiger partial charge is 0.360 e. The number of aromatic amines is 1. The second-order valence-corrected chi connectivity index (χ2v) is 7.62. The van der Waals surface area contributed by atoms with Crippen molar-refractivity contribution in [1.82, 2.24) is 30.5 Å². The van der Waals surface area contributed by atoms with E-state index in [0.717, 1.165) is 5.56 Å². The van der Waals surface area contributed by atoms with Crippen LogP contribution >= 0.6 is 23.4 Å². The molecule has 3 aromatic heterocycles. The lowest BCUT2D eigenvalue weighted by Gasteiger charge is -1.98. The number of hydrogen-bond acceptors (Lipinski definition) is 9. The van der Waals surface area contributed by atoms with Gasteiger partial charge in [-0.3, -0.25) is 9.89 Å². The average molecular weight is 446 g/mol. The molecule has 0 radical (unpaired) electrons. The number of nitrogens with one attached hydrogen (secondary N) is 2.